The predicted molar refractivity (Wildman–Crippen MR) is 163 cm³/mol. The quantitative estimate of drug-likeness (QED) is 0.162. The number of ether oxygens (including phenoxy) is 1. The molecule has 3 fully saturated rings. The molecule has 0 aliphatic carbocycles. The Labute approximate surface area is 249 Å². The van der Waals surface area contributed by atoms with Gasteiger partial charge in [-0.25, -0.2) is 0 Å². The van der Waals surface area contributed by atoms with Gasteiger partial charge in [0, 0.05) is 17.8 Å². The molecule has 3 heterocycles. The van der Waals surface area contributed by atoms with E-state index in [4.69, 9.17) is 4.74 Å². The highest BCUT2D eigenvalue weighted by atomic mass is 32.2. The van der Waals surface area contributed by atoms with Crippen LogP contribution in [0, 0.1) is 11.8 Å². The maximum absolute atomic E-state index is 14.6. The molecule has 3 aliphatic rings. The van der Waals surface area contributed by atoms with E-state index >= 15 is 0 Å². The molecule has 1 aromatic rings. The van der Waals surface area contributed by atoms with E-state index in [1.165, 1.54) is 0 Å². The van der Waals surface area contributed by atoms with Gasteiger partial charge in [0.25, 0.3) is 0 Å². The molecule has 8 heteroatoms. The summed E-state index contributed by atoms with van der Waals surface area (Å²) in [7, 11) is 0. The predicted octanol–water partition coefficient (Wildman–Crippen LogP) is 5.31. The minimum atomic E-state index is -0.795. The van der Waals surface area contributed by atoms with Crippen molar-refractivity contribution in [2.45, 2.75) is 86.8 Å². The van der Waals surface area contributed by atoms with Crippen LogP contribution in [0.25, 0.3) is 0 Å². The molecule has 224 valence electrons. The van der Waals surface area contributed by atoms with Gasteiger partial charge in [0.1, 0.15) is 6.04 Å². The number of carbonyl (C=O) groups excluding carboxylic acids is 3. The van der Waals surface area contributed by atoms with Crippen molar-refractivity contribution < 1.29 is 24.2 Å². The van der Waals surface area contributed by atoms with E-state index in [9.17, 15) is 19.5 Å². The van der Waals surface area contributed by atoms with Crippen molar-refractivity contribution in [3.63, 3.8) is 0 Å². The zero-order chi connectivity index (χ0) is 29.6. The second kappa shape index (κ2) is 13.6. The summed E-state index contributed by atoms with van der Waals surface area (Å²) >= 11 is 1.63. The number of aliphatic hydroxyl groups is 1. The molecular weight excluding hydrogens is 536 g/mol. The largest absolute Gasteiger partial charge is 0.465 e. The van der Waals surface area contributed by atoms with Gasteiger partial charge in [-0.05, 0) is 51.0 Å². The summed E-state index contributed by atoms with van der Waals surface area (Å²) in [5.41, 5.74) is 0.769. The number of benzene rings is 1. The van der Waals surface area contributed by atoms with Gasteiger partial charge < -0.3 is 19.6 Å². The minimum Gasteiger partial charge on any atom is -0.465 e. The van der Waals surface area contributed by atoms with Crippen LogP contribution in [0.15, 0.2) is 55.6 Å². The van der Waals surface area contributed by atoms with Crippen LogP contribution in [0.5, 0.6) is 0 Å². The molecule has 3 saturated heterocycles. The third kappa shape index (κ3) is 5.87. The summed E-state index contributed by atoms with van der Waals surface area (Å²) in [5, 5.41) is 10.7. The fourth-order valence-corrected chi connectivity index (χ4v) is 9.52. The monoisotopic (exact) mass is 582 g/mol. The van der Waals surface area contributed by atoms with E-state index < -0.39 is 33.4 Å². The molecule has 7 nitrogen and oxygen atoms in total. The molecule has 1 spiro atoms. The van der Waals surface area contributed by atoms with Gasteiger partial charge in [-0.2, -0.15) is 0 Å². The van der Waals surface area contributed by atoms with Crippen LogP contribution in [0.2, 0.25) is 0 Å². The Balaban J connectivity index is 1.73. The molecule has 2 amide bonds. The normalized spacial score (nSPS) is 28.8. The molecule has 6 atom stereocenters. The Morgan fingerprint density at radius 3 is 2.59 bits per heavy atom. The lowest BCUT2D eigenvalue weighted by Crippen LogP contribution is -2.55. The molecule has 0 saturated carbocycles. The molecule has 41 heavy (non-hydrogen) atoms. The first-order chi connectivity index (χ1) is 19.8. The number of aliphatic hydroxyl groups excluding tert-OH is 1. The maximum Gasteiger partial charge on any atom is 0.311 e. The molecule has 3 aliphatic heterocycles. The fourth-order valence-electron chi connectivity index (χ4n) is 7.19. The van der Waals surface area contributed by atoms with Crippen LogP contribution in [-0.4, -0.2) is 74.5 Å². The Morgan fingerprint density at radius 1 is 1.17 bits per heavy atom. The molecule has 2 bridgehead atoms. The zero-order valence-corrected chi connectivity index (χ0v) is 25.4. The van der Waals surface area contributed by atoms with Gasteiger partial charge in [0.15, 0.2) is 0 Å². The Hall–Kier alpha value is -2.58. The lowest BCUT2D eigenvalue weighted by molar-refractivity contribution is -0.156. The first kappa shape index (κ1) is 31.4. The van der Waals surface area contributed by atoms with Crippen molar-refractivity contribution in [3.8, 4) is 0 Å². The average molecular weight is 583 g/mol. The zero-order valence-electron chi connectivity index (χ0n) is 24.6. The van der Waals surface area contributed by atoms with Gasteiger partial charge in [-0.1, -0.05) is 62.2 Å². The van der Waals surface area contributed by atoms with Crippen molar-refractivity contribution in [2.75, 3.05) is 26.3 Å². The third-order valence-electron chi connectivity index (χ3n) is 9.14. The second-order valence-corrected chi connectivity index (χ2v) is 13.7. The topological polar surface area (TPSA) is 87.1 Å². The van der Waals surface area contributed by atoms with Crippen LogP contribution in [0.3, 0.4) is 0 Å². The summed E-state index contributed by atoms with van der Waals surface area (Å²) in [5.74, 6) is -2.03. The number of nitrogens with zero attached hydrogens (tertiary/aromatic N) is 2. The summed E-state index contributed by atoms with van der Waals surface area (Å²) in [4.78, 5) is 46.3. The standard InChI is InChI=1S/C33H46N2O5S/c1-5-8-10-15-22-40-31(39)27-26-29(37)35(25(23-36)24-16-12-11-13-17-24)28(33(26)19-18-32(27,4)41-33)30(38)34(20-7-3)21-14-9-6-2/h5,7,11-13,16-17,25-28,36H,1,3,6,8-10,14-15,18-23H2,2,4H3/t25-,26+,27+,28?,32-,33?/m1/s1. The number of carbonyl (C=O) groups is 3. The number of hydrogen-bond acceptors (Lipinski definition) is 6. The highest BCUT2D eigenvalue weighted by Gasteiger charge is 2.78. The van der Waals surface area contributed by atoms with Crippen molar-refractivity contribution >= 4 is 29.5 Å². The number of fused-ring (bicyclic) bond motifs is 1. The molecule has 1 aromatic carbocycles. The molecule has 1 N–H and O–H groups in total. The van der Waals surface area contributed by atoms with Gasteiger partial charge in [0.05, 0.1) is 35.8 Å². The second-order valence-electron chi connectivity index (χ2n) is 11.8. The molecular formula is C33H46N2O5S. The lowest BCUT2D eigenvalue weighted by Gasteiger charge is -2.39. The SMILES string of the molecule is C=CCCCCOC(=O)[C@@H]1[C@H]2C(=O)N([C@H](CO)c3ccccc3)C(C(=O)N(CC=C)CCCCC)C23CC[C@@]1(C)S3. The van der Waals surface area contributed by atoms with E-state index in [0.717, 1.165) is 50.5 Å². The summed E-state index contributed by atoms with van der Waals surface area (Å²) in [6.07, 6.45) is 10.3. The van der Waals surface area contributed by atoms with E-state index in [2.05, 4.69) is 27.0 Å². The van der Waals surface area contributed by atoms with Crippen LogP contribution in [0.4, 0.5) is 0 Å². The summed E-state index contributed by atoms with van der Waals surface area (Å²) < 4.78 is 4.53. The number of hydrogen-bond donors (Lipinski definition) is 1. The van der Waals surface area contributed by atoms with Crippen LogP contribution >= 0.6 is 11.8 Å². The van der Waals surface area contributed by atoms with Crippen molar-refractivity contribution in [1.29, 1.82) is 0 Å². The smallest absolute Gasteiger partial charge is 0.311 e. The average Bonchev–Trinajstić information content (AvgIpc) is 3.54. The molecule has 0 aromatic heterocycles. The van der Waals surface area contributed by atoms with Gasteiger partial charge in [-0.15, -0.1) is 24.9 Å². The summed E-state index contributed by atoms with van der Waals surface area (Å²) in [6, 6.07) is 7.90. The van der Waals surface area contributed by atoms with Crippen molar-refractivity contribution in [1.82, 2.24) is 9.80 Å². The van der Waals surface area contributed by atoms with E-state index in [1.807, 2.05) is 41.3 Å². The highest BCUT2D eigenvalue weighted by Crippen LogP contribution is 2.72. The Kier molecular flexibility index (Phi) is 10.4. The third-order valence-corrected chi connectivity index (χ3v) is 11.1. The van der Waals surface area contributed by atoms with E-state index in [1.54, 1.807) is 22.7 Å². The molecule has 2 unspecified atom stereocenters. The van der Waals surface area contributed by atoms with Crippen molar-refractivity contribution in [3.05, 3.63) is 61.2 Å². The minimum absolute atomic E-state index is 0.124. The van der Waals surface area contributed by atoms with Gasteiger partial charge in [0.2, 0.25) is 11.8 Å². The van der Waals surface area contributed by atoms with Crippen LogP contribution < -0.4 is 0 Å². The first-order valence-electron chi connectivity index (χ1n) is 15.1. The van der Waals surface area contributed by atoms with Gasteiger partial charge in [-0.3, -0.25) is 14.4 Å². The highest BCUT2D eigenvalue weighted by molar-refractivity contribution is 8.02. The number of rotatable bonds is 16. The van der Waals surface area contributed by atoms with Crippen LogP contribution in [0.1, 0.15) is 76.8 Å². The Bertz CT molecular complexity index is 1110. The maximum atomic E-state index is 14.6. The number of esters is 1. The number of likely N-dealkylation sites (tertiary alicyclic amines) is 1. The number of allylic oxidation sites excluding steroid dienone is 1. The van der Waals surface area contributed by atoms with E-state index in [0.29, 0.717) is 26.1 Å². The number of amides is 2. The number of unbranched alkanes of at least 4 members (excludes halogenated alkanes) is 4. The Morgan fingerprint density at radius 2 is 1.93 bits per heavy atom. The van der Waals surface area contributed by atoms with Crippen molar-refractivity contribution in [2.24, 2.45) is 11.8 Å². The van der Waals surface area contributed by atoms with Crippen LogP contribution in [-0.2, 0) is 19.1 Å². The van der Waals surface area contributed by atoms with Gasteiger partial charge >= 0.3 is 5.97 Å². The molecule has 0 radical (unpaired) electrons. The summed E-state index contributed by atoms with van der Waals surface area (Å²) in [6.45, 7) is 12.8. The van der Waals surface area contributed by atoms with E-state index in [-0.39, 0.29) is 24.4 Å². The molecule has 4 rings (SSSR count). The first-order valence-corrected chi connectivity index (χ1v) is 16.0. The fraction of sp³-hybridized carbons (Fsp3) is 0.606. The lowest BCUT2D eigenvalue weighted by atomic mass is 9.66. The number of thioether (sulfide) groups is 1.